The Morgan fingerprint density at radius 3 is 2.63 bits per heavy atom. The average Bonchev–Trinajstić information content (AvgIpc) is 2.69. The molecule has 30 heavy (non-hydrogen) atoms. The van der Waals surface area contributed by atoms with E-state index in [1.54, 1.807) is 0 Å². The topological polar surface area (TPSA) is 52.2 Å². The minimum Gasteiger partial charge on any atom is -0.359 e. The van der Waals surface area contributed by atoms with Crippen molar-refractivity contribution in [3.63, 3.8) is 0 Å². The molecule has 1 aromatic carbocycles. The fourth-order valence-corrected chi connectivity index (χ4v) is 5.00. The zero-order valence-corrected chi connectivity index (χ0v) is 18.0. The lowest BCUT2D eigenvalue weighted by Crippen LogP contribution is -2.43. The third kappa shape index (κ3) is 3.70. The zero-order chi connectivity index (χ0) is 21.5. The van der Waals surface area contributed by atoms with Gasteiger partial charge in [0, 0.05) is 32.7 Å². The molecule has 162 valence electrons. The van der Waals surface area contributed by atoms with Crippen molar-refractivity contribution < 1.29 is 8.78 Å². The van der Waals surface area contributed by atoms with E-state index in [1.807, 2.05) is 18.9 Å². The van der Waals surface area contributed by atoms with E-state index in [2.05, 4.69) is 16.8 Å². The van der Waals surface area contributed by atoms with Crippen LogP contribution in [-0.2, 0) is 18.3 Å². The second-order valence-corrected chi connectivity index (χ2v) is 8.94. The monoisotopic (exact) mass is 416 g/mol. The summed E-state index contributed by atoms with van der Waals surface area (Å²) in [4.78, 5) is 24.4. The predicted molar refractivity (Wildman–Crippen MR) is 116 cm³/mol. The molecule has 0 radical (unpaired) electrons. The molecule has 0 bridgehead atoms. The Hall–Kier alpha value is -2.44. The number of fused-ring (bicyclic) bond motifs is 1. The molecule has 5 nitrogen and oxygen atoms in total. The molecule has 1 saturated heterocycles. The number of aryl methyl sites for hydroxylation is 1. The highest BCUT2D eigenvalue weighted by molar-refractivity contribution is 5.52. The van der Waals surface area contributed by atoms with Crippen LogP contribution >= 0.6 is 0 Å². The van der Waals surface area contributed by atoms with Crippen LogP contribution in [0.2, 0.25) is 0 Å². The maximum Gasteiger partial charge on any atom is 0.257 e. The number of nitrogens with one attached hydrogen (secondary N) is 1. The van der Waals surface area contributed by atoms with E-state index in [0.717, 1.165) is 48.8 Å². The summed E-state index contributed by atoms with van der Waals surface area (Å²) in [5, 5.41) is 0. The minimum absolute atomic E-state index is 0.0651. The molecular formula is C23H30F2N4O. The smallest absolute Gasteiger partial charge is 0.257 e. The van der Waals surface area contributed by atoms with Crippen molar-refractivity contribution in [1.29, 1.82) is 0 Å². The number of anilines is 2. The number of H-pyrrole nitrogens is 1. The van der Waals surface area contributed by atoms with E-state index >= 15 is 0 Å². The van der Waals surface area contributed by atoms with Gasteiger partial charge in [-0.2, -0.15) is 4.98 Å². The molecule has 0 saturated carbocycles. The highest BCUT2D eigenvalue weighted by Gasteiger charge is 2.36. The Bertz CT molecular complexity index is 995. The predicted octanol–water partition coefficient (Wildman–Crippen LogP) is 3.94. The largest absolute Gasteiger partial charge is 0.359 e. The standard InChI is InChI=1S/C23H30F2N4O/c1-4-6-15-13-16(24)14-18(25)19(15)23(2)8-11-29(12-9-23)22-26-20-17(21(30)27-22)7-5-10-28(20)3/h13-14H,4-12H2,1-3H3,(H,26,27,30). The first-order valence-electron chi connectivity index (χ1n) is 10.9. The summed E-state index contributed by atoms with van der Waals surface area (Å²) < 4.78 is 28.7. The van der Waals surface area contributed by atoms with Gasteiger partial charge in [-0.3, -0.25) is 9.78 Å². The highest BCUT2D eigenvalue weighted by atomic mass is 19.1. The molecule has 4 rings (SSSR count). The molecule has 0 atom stereocenters. The maximum absolute atomic E-state index is 14.8. The number of hydrogen-bond donors (Lipinski definition) is 1. The maximum atomic E-state index is 14.8. The first-order chi connectivity index (χ1) is 14.3. The number of rotatable bonds is 4. The van der Waals surface area contributed by atoms with Gasteiger partial charge in [0.05, 0.1) is 5.56 Å². The summed E-state index contributed by atoms with van der Waals surface area (Å²) in [5.74, 6) is 0.392. The van der Waals surface area contributed by atoms with E-state index < -0.39 is 11.6 Å². The van der Waals surface area contributed by atoms with Gasteiger partial charge in [0.25, 0.3) is 5.56 Å². The normalized spacial score (nSPS) is 18.4. The molecule has 2 aliphatic heterocycles. The number of nitrogens with zero attached hydrogens (tertiary/aromatic N) is 3. The average molecular weight is 417 g/mol. The molecule has 1 fully saturated rings. The van der Waals surface area contributed by atoms with E-state index in [-0.39, 0.29) is 11.0 Å². The SMILES string of the molecule is CCCc1cc(F)cc(F)c1C1(C)CCN(c2nc3c(c(=O)[nH]2)CCCN3C)CC1. The number of aromatic amines is 1. The third-order valence-corrected chi connectivity index (χ3v) is 6.69. The van der Waals surface area contributed by atoms with Crippen molar-refractivity contribution in [3.8, 4) is 0 Å². The summed E-state index contributed by atoms with van der Waals surface area (Å²) in [6, 6.07) is 2.49. The quantitative estimate of drug-likeness (QED) is 0.820. The van der Waals surface area contributed by atoms with E-state index in [0.29, 0.717) is 43.9 Å². The van der Waals surface area contributed by atoms with Crippen molar-refractivity contribution in [3.05, 3.63) is 50.8 Å². The Kier molecular flexibility index (Phi) is 5.55. The lowest BCUT2D eigenvalue weighted by molar-refractivity contribution is 0.343. The van der Waals surface area contributed by atoms with Crippen LogP contribution in [-0.4, -0.2) is 36.6 Å². The summed E-state index contributed by atoms with van der Waals surface area (Å²) in [5.41, 5.74) is 1.74. The Morgan fingerprint density at radius 2 is 1.93 bits per heavy atom. The van der Waals surface area contributed by atoms with Crippen LogP contribution in [0.1, 0.15) is 56.2 Å². The second-order valence-electron chi connectivity index (χ2n) is 8.94. The van der Waals surface area contributed by atoms with Crippen molar-refractivity contribution in [2.24, 2.45) is 0 Å². The Labute approximate surface area is 176 Å². The van der Waals surface area contributed by atoms with Crippen LogP contribution in [0.3, 0.4) is 0 Å². The van der Waals surface area contributed by atoms with Gasteiger partial charge in [-0.15, -0.1) is 0 Å². The van der Waals surface area contributed by atoms with Crippen molar-refractivity contribution >= 4 is 11.8 Å². The van der Waals surface area contributed by atoms with Crippen LogP contribution in [0.4, 0.5) is 20.5 Å². The summed E-state index contributed by atoms with van der Waals surface area (Å²) in [6.07, 6.45) is 4.64. The van der Waals surface area contributed by atoms with Gasteiger partial charge in [-0.05, 0) is 54.7 Å². The van der Waals surface area contributed by atoms with Crippen LogP contribution in [0.15, 0.2) is 16.9 Å². The summed E-state index contributed by atoms with van der Waals surface area (Å²) in [7, 11) is 1.97. The third-order valence-electron chi connectivity index (χ3n) is 6.69. The first kappa shape index (κ1) is 20.8. The number of benzene rings is 1. The van der Waals surface area contributed by atoms with E-state index in [4.69, 9.17) is 4.98 Å². The van der Waals surface area contributed by atoms with Crippen molar-refractivity contribution in [2.75, 3.05) is 36.5 Å². The molecule has 3 heterocycles. The fourth-order valence-electron chi connectivity index (χ4n) is 5.00. The molecule has 1 aromatic heterocycles. The molecular weight excluding hydrogens is 386 g/mol. The lowest BCUT2D eigenvalue weighted by Gasteiger charge is -2.41. The van der Waals surface area contributed by atoms with Crippen LogP contribution < -0.4 is 15.4 Å². The molecule has 1 N–H and O–H groups in total. The summed E-state index contributed by atoms with van der Waals surface area (Å²) >= 11 is 0. The van der Waals surface area contributed by atoms with Crippen LogP contribution in [0.5, 0.6) is 0 Å². The number of aromatic nitrogens is 2. The minimum atomic E-state index is -0.513. The molecule has 7 heteroatoms. The number of piperidine rings is 1. The number of halogens is 2. The Morgan fingerprint density at radius 1 is 1.20 bits per heavy atom. The number of hydrogen-bond acceptors (Lipinski definition) is 4. The summed E-state index contributed by atoms with van der Waals surface area (Å²) in [6.45, 7) is 6.29. The van der Waals surface area contributed by atoms with Gasteiger partial charge in [-0.25, -0.2) is 8.78 Å². The Balaban J connectivity index is 1.60. The molecule has 2 aromatic rings. The van der Waals surface area contributed by atoms with E-state index in [1.165, 1.54) is 6.07 Å². The van der Waals surface area contributed by atoms with Crippen LogP contribution in [0, 0.1) is 11.6 Å². The molecule has 0 unspecified atom stereocenters. The first-order valence-corrected chi connectivity index (χ1v) is 10.9. The van der Waals surface area contributed by atoms with Gasteiger partial charge in [0.2, 0.25) is 5.95 Å². The van der Waals surface area contributed by atoms with Gasteiger partial charge in [-0.1, -0.05) is 20.3 Å². The van der Waals surface area contributed by atoms with Crippen LogP contribution in [0.25, 0.3) is 0 Å². The lowest BCUT2D eigenvalue weighted by atomic mass is 9.72. The highest BCUT2D eigenvalue weighted by Crippen LogP contribution is 2.40. The van der Waals surface area contributed by atoms with Gasteiger partial charge < -0.3 is 9.80 Å². The van der Waals surface area contributed by atoms with Gasteiger partial charge in [0.1, 0.15) is 17.5 Å². The van der Waals surface area contributed by atoms with Crippen molar-refractivity contribution in [1.82, 2.24) is 9.97 Å². The van der Waals surface area contributed by atoms with Crippen molar-refractivity contribution in [2.45, 2.75) is 57.8 Å². The van der Waals surface area contributed by atoms with Gasteiger partial charge in [0.15, 0.2) is 0 Å². The van der Waals surface area contributed by atoms with E-state index in [9.17, 15) is 13.6 Å². The zero-order valence-electron chi connectivity index (χ0n) is 18.0. The fraction of sp³-hybridized carbons (Fsp3) is 0.565. The van der Waals surface area contributed by atoms with Gasteiger partial charge >= 0.3 is 0 Å². The molecule has 2 aliphatic rings. The second kappa shape index (κ2) is 8.00. The molecule has 0 amide bonds. The molecule has 0 spiro atoms. The molecule has 0 aliphatic carbocycles.